The Bertz CT molecular complexity index is 1530. The molecule has 1 N–H and O–H groups in total. The average molecular weight is 638 g/mol. The molecule has 2 amide bonds. The van der Waals surface area contributed by atoms with E-state index in [1.54, 1.807) is 24.3 Å². The number of anilines is 1. The third kappa shape index (κ3) is 9.46. The molecule has 43 heavy (non-hydrogen) atoms. The van der Waals surface area contributed by atoms with Crippen LogP contribution in [0.3, 0.4) is 0 Å². The van der Waals surface area contributed by atoms with Crippen molar-refractivity contribution in [3.05, 3.63) is 100 Å². The number of rotatable bonds is 12. The van der Waals surface area contributed by atoms with Crippen molar-refractivity contribution in [1.29, 1.82) is 0 Å². The number of halogens is 4. The highest BCUT2D eigenvalue weighted by atomic mass is 35.5. The molecule has 3 aromatic rings. The minimum atomic E-state index is -4.85. The molecule has 0 aliphatic carbocycles. The third-order valence-corrected chi connectivity index (χ3v) is 8.40. The van der Waals surface area contributed by atoms with Gasteiger partial charge in [0.1, 0.15) is 12.6 Å². The summed E-state index contributed by atoms with van der Waals surface area (Å²) in [7, 11) is -4.25. The smallest absolute Gasteiger partial charge is 0.352 e. The number of aryl methyl sites for hydroxylation is 1. The van der Waals surface area contributed by atoms with Gasteiger partial charge in [-0.05, 0) is 49.6 Å². The van der Waals surface area contributed by atoms with E-state index >= 15 is 0 Å². The van der Waals surface area contributed by atoms with Crippen LogP contribution in [-0.4, -0.2) is 50.0 Å². The van der Waals surface area contributed by atoms with E-state index in [4.69, 9.17) is 11.6 Å². The summed E-state index contributed by atoms with van der Waals surface area (Å²) in [5, 5.41) is 2.31. The van der Waals surface area contributed by atoms with Crippen molar-refractivity contribution in [3.8, 4) is 0 Å². The van der Waals surface area contributed by atoms with Crippen molar-refractivity contribution >= 4 is 39.1 Å². The molecule has 0 bridgehead atoms. The second-order valence-electron chi connectivity index (χ2n) is 10.5. The Hall–Kier alpha value is -3.57. The molecular weight excluding hydrogens is 603 g/mol. The fraction of sp³-hybridized carbons (Fsp3) is 0.355. The summed E-state index contributed by atoms with van der Waals surface area (Å²) in [5.74, 6) is -1.20. The highest BCUT2D eigenvalue weighted by Crippen LogP contribution is 2.37. The fourth-order valence-electron chi connectivity index (χ4n) is 4.50. The second-order valence-corrected chi connectivity index (χ2v) is 12.8. The summed E-state index contributed by atoms with van der Waals surface area (Å²) < 4.78 is 67.2. The lowest BCUT2D eigenvalue weighted by Crippen LogP contribution is -2.54. The molecule has 232 valence electrons. The Morgan fingerprint density at radius 3 is 2.21 bits per heavy atom. The summed E-state index contributed by atoms with van der Waals surface area (Å²) >= 11 is 5.76. The molecule has 2 atom stereocenters. The molecule has 0 fully saturated rings. The van der Waals surface area contributed by atoms with Crippen LogP contribution >= 0.6 is 11.6 Å². The Morgan fingerprint density at radius 2 is 1.63 bits per heavy atom. The first-order valence-electron chi connectivity index (χ1n) is 13.6. The number of carbonyl (C=O) groups is 2. The van der Waals surface area contributed by atoms with Gasteiger partial charge in [-0.1, -0.05) is 78.7 Å². The molecule has 0 aliphatic rings. The number of sulfonamides is 1. The van der Waals surface area contributed by atoms with Gasteiger partial charge in [-0.15, -0.1) is 0 Å². The maximum Gasteiger partial charge on any atom is 0.417 e. The van der Waals surface area contributed by atoms with Gasteiger partial charge in [0.05, 0.1) is 22.5 Å². The van der Waals surface area contributed by atoms with E-state index in [1.807, 2.05) is 51.1 Å². The van der Waals surface area contributed by atoms with Crippen LogP contribution in [-0.2, 0) is 38.8 Å². The van der Waals surface area contributed by atoms with Crippen LogP contribution < -0.4 is 9.62 Å². The lowest BCUT2D eigenvalue weighted by Gasteiger charge is -2.34. The van der Waals surface area contributed by atoms with Crippen LogP contribution in [0.4, 0.5) is 18.9 Å². The quantitative estimate of drug-likeness (QED) is 0.264. The maximum absolute atomic E-state index is 14.1. The predicted octanol–water partition coefficient (Wildman–Crippen LogP) is 5.99. The molecule has 0 saturated carbocycles. The van der Waals surface area contributed by atoms with Crippen molar-refractivity contribution in [2.45, 2.75) is 58.4 Å². The zero-order valence-electron chi connectivity index (χ0n) is 24.4. The van der Waals surface area contributed by atoms with Gasteiger partial charge in [-0.3, -0.25) is 13.9 Å². The number of nitrogens with zero attached hydrogens (tertiary/aromatic N) is 2. The van der Waals surface area contributed by atoms with Gasteiger partial charge in [-0.25, -0.2) is 8.42 Å². The van der Waals surface area contributed by atoms with Crippen molar-refractivity contribution < 1.29 is 31.2 Å². The van der Waals surface area contributed by atoms with E-state index in [2.05, 4.69) is 5.32 Å². The summed E-state index contributed by atoms with van der Waals surface area (Å²) in [6.07, 6.45) is -3.30. The molecular formula is C31H35ClF3N3O4S. The average Bonchev–Trinajstić information content (AvgIpc) is 2.93. The molecule has 0 aliphatic heterocycles. The molecule has 0 spiro atoms. The predicted molar refractivity (Wildman–Crippen MR) is 162 cm³/mol. The van der Waals surface area contributed by atoms with E-state index in [0.29, 0.717) is 22.4 Å². The molecule has 0 radical (unpaired) electrons. The zero-order valence-corrected chi connectivity index (χ0v) is 25.9. The van der Waals surface area contributed by atoms with E-state index in [9.17, 15) is 31.2 Å². The Kier molecular flexibility index (Phi) is 11.3. The minimum Gasteiger partial charge on any atom is -0.352 e. The molecule has 3 aromatic carbocycles. The van der Waals surface area contributed by atoms with Gasteiger partial charge in [0, 0.05) is 19.0 Å². The SMILES string of the molecule is CC[C@@H](C)NC(=O)[C@H](Cc1ccccc1)N(Cc1cccc(C)c1)C(=O)CN(c1ccc(Cl)c(C(F)(F)F)c1)S(C)(=O)=O. The molecule has 0 aromatic heterocycles. The Balaban J connectivity index is 2.11. The van der Waals surface area contributed by atoms with Gasteiger partial charge >= 0.3 is 6.18 Å². The first kappa shape index (κ1) is 33.9. The normalized spacial score (nSPS) is 13.2. The number of hydrogen-bond donors (Lipinski definition) is 1. The first-order chi connectivity index (χ1) is 20.1. The summed E-state index contributed by atoms with van der Waals surface area (Å²) in [6, 6.07) is 17.7. The number of alkyl halides is 3. The molecule has 7 nitrogen and oxygen atoms in total. The van der Waals surface area contributed by atoms with Gasteiger partial charge in [0.2, 0.25) is 21.8 Å². The largest absolute Gasteiger partial charge is 0.417 e. The van der Waals surface area contributed by atoms with Gasteiger partial charge < -0.3 is 10.2 Å². The Morgan fingerprint density at radius 1 is 0.977 bits per heavy atom. The monoisotopic (exact) mass is 637 g/mol. The number of hydrogen-bond acceptors (Lipinski definition) is 4. The molecule has 0 unspecified atom stereocenters. The molecule has 3 rings (SSSR count). The van der Waals surface area contributed by atoms with Crippen molar-refractivity contribution in [3.63, 3.8) is 0 Å². The number of amides is 2. The van der Waals surface area contributed by atoms with Gasteiger partial charge in [-0.2, -0.15) is 13.2 Å². The minimum absolute atomic E-state index is 0.0437. The van der Waals surface area contributed by atoms with Crippen LogP contribution in [0.15, 0.2) is 72.8 Å². The lowest BCUT2D eigenvalue weighted by molar-refractivity contribution is -0.140. The topological polar surface area (TPSA) is 86.8 Å². The van der Waals surface area contributed by atoms with Crippen LogP contribution in [0.5, 0.6) is 0 Å². The molecule has 12 heteroatoms. The fourth-order valence-corrected chi connectivity index (χ4v) is 5.57. The van der Waals surface area contributed by atoms with Crippen LogP contribution in [0.1, 0.15) is 42.5 Å². The third-order valence-electron chi connectivity index (χ3n) is 6.93. The first-order valence-corrected chi connectivity index (χ1v) is 15.9. The van der Waals surface area contributed by atoms with E-state index < -0.39 is 51.2 Å². The number of nitrogens with one attached hydrogen (secondary N) is 1. The van der Waals surface area contributed by atoms with Crippen molar-refractivity contribution in [1.82, 2.24) is 10.2 Å². The summed E-state index contributed by atoms with van der Waals surface area (Å²) in [4.78, 5) is 29.1. The zero-order chi connectivity index (χ0) is 31.9. The van der Waals surface area contributed by atoms with Crippen molar-refractivity contribution in [2.75, 3.05) is 17.1 Å². The van der Waals surface area contributed by atoms with E-state index in [-0.39, 0.29) is 24.7 Å². The summed E-state index contributed by atoms with van der Waals surface area (Å²) in [5.41, 5.74) is 0.749. The maximum atomic E-state index is 14.1. The molecule has 0 heterocycles. The second kappa shape index (κ2) is 14.3. The highest BCUT2D eigenvalue weighted by molar-refractivity contribution is 7.92. The lowest BCUT2D eigenvalue weighted by atomic mass is 10.0. The van der Waals surface area contributed by atoms with Crippen LogP contribution in [0.2, 0.25) is 5.02 Å². The number of carbonyl (C=O) groups excluding carboxylic acids is 2. The summed E-state index contributed by atoms with van der Waals surface area (Å²) in [6.45, 7) is 4.72. The highest BCUT2D eigenvalue weighted by Gasteiger charge is 2.36. The standard InChI is InChI=1S/C31H35ClF3N3O4S/c1-5-22(3)36-30(40)28(17-23-11-7-6-8-12-23)37(19-24-13-9-10-21(2)16-24)29(39)20-38(43(4,41)42)25-14-15-27(32)26(18-25)31(33,34)35/h6-16,18,22,28H,5,17,19-20H2,1-4H3,(H,36,40)/t22-,28+/m1/s1. The van der Waals surface area contributed by atoms with Gasteiger partial charge in [0.15, 0.2) is 0 Å². The van der Waals surface area contributed by atoms with Crippen LogP contribution in [0.25, 0.3) is 0 Å². The molecule has 0 saturated heterocycles. The number of benzene rings is 3. The van der Waals surface area contributed by atoms with Gasteiger partial charge in [0.25, 0.3) is 0 Å². The van der Waals surface area contributed by atoms with E-state index in [0.717, 1.165) is 29.5 Å². The van der Waals surface area contributed by atoms with Crippen molar-refractivity contribution in [2.24, 2.45) is 0 Å². The Labute approximate surface area is 255 Å². The van der Waals surface area contributed by atoms with E-state index in [1.165, 1.54) is 4.90 Å². The van der Waals surface area contributed by atoms with Crippen LogP contribution in [0, 0.1) is 6.92 Å².